The average Bonchev–Trinajstić information content (AvgIpc) is 2.12. The van der Waals surface area contributed by atoms with Gasteiger partial charge < -0.3 is 0 Å². The van der Waals surface area contributed by atoms with E-state index in [0.717, 1.165) is 0 Å². The second-order valence-corrected chi connectivity index (χ2v) is 1.94. The number of allylic oxidation sites excluding steroid dienone is 3. The van der Waals surface area contributed by atoms with Crippen LogP contribution in [0.3, 0.4) is 0 Å². The Bertz CT molecular complexity index is 341. The molecular weight excluding hydrogens is 168 g/mol. The van der Waals surface area contributed by atoms with Gasteiger partial charge in [-0.3, -0.25) is 0 Å². The van der Waals surface area contributed by atoms with Crippen LogP contribution in [-0.4, -0.2) is 12.2 Å². The molecule has 0 atom stereocenters. The Balaban J connectivity index is 4.49. The van der Waals surface area contributed by atoms with Gasteiger partial charge in [0, 0.05) is 0 Å². The lowest BCUT2D eigenvalue weighted by molar-refractivity contribution is 0.564. The normalized spacial score (nSPS) is 10.4. The number of hydrogen-bond acceptors (Lipinski definition) is 4. The summed E-state index contributed by atoms with van der Waals surface area (Å²) < 4.78 is 0. The largest absolute Gasteiger partial charge is 0.240 e. The van der Waals surface area contributed by atoms with Gasteiger partial charge in [-0.05, 0) is 19.1 Å². The van der Waals surface area contributed by atoms with E-state index >= 15 is 0 Å². The minimum atomic E-state index is 0.246. The van der Waals surface area contributed by atoms with E-state index in [2.05, 4.69) is 16.6 Å². The van der Waals surface area contributed by atoms with Crippen LogP contribution in [0.2, 0.25) is 0 Å². The van der Waals surface area contributed by atoms with Gasteiger partial charge in [-0.2, -0.15) is 9.98 Å². The van der Waals surface area contributed by atoms with Crippen LogP contribution in [0.5, 0.6) is 0 Å². The lowest BCUT2D eigenvalue weighted by atomic mass is 10.3. The molecule has 0 aromatic carbocycles. The first-order valence-electron chi connectivity index (χ1n) is 3.43. The van der Waals surface area contributed by atoms with Crippen molar-refractivity contribution >= 4 is 12.2 Å². The van der Waals surface area contributed by atoms with Crippen molar-refractivity contribution in [1.29, 1.82) is 0 Å². The Morgan fingerprint density at radius 2 is 1.85 bits per heavy atom. The first kappa shape index (κ1) is 11.0. The monoisotopic (exact) mass is 176 g/mol. The van der Waals surface area contributed by atoms with E-state index in [1.807, 2.05) is 0 Å². The molecule has 0 aliphatic carbocycles. The zero-order valence-corrected chi connectivity index (χ0v) is 7.15. The maximum absolute atomic E-state index is 9.87. The number of nitrogens with zero attached hydrogens (tertiary/aromatic N) is 2. The predicted octanol–water partition coefficient (Wildman–Crippen LogP) is 1.63. The van der Waals surface area contributed by atoms with Gasteiger partial charge in [0.1, 0.15) is 0 Å². The summed E-state index contributed by atoms with van der Waals surface area (Å²) >= 11 is 0. The van der Waals surface area contributed by atoms with Gasteiger partial charge >= 0.3 is 0 Å². The highest BCUT2D eigenvalue weighted by atomic mass is 16.1. The van der Waals surface area contributed by atoms with Crippen molar-refractivity contribution in [2.75, 3.05) is 0 Å². The topological polar surface area (TPSA) is 58.9 Å². The van der Waals surface area contributed by atoms with E-state index in [9.17, 15) is 9.59 Å². The van der Waals surface area contributed by atoms with Gasteiger partial charge in [0.05, 0.1) is 11.4 Å². The third-order valence-corrected chi connectivity index (χ3v) is 1.11. The molecule has 0 saturated heterocycles. The molecule has 0 spiro atoms. The summed E-state index contributed by atoms with van der Waals surface area (Å²) in [5.41, 5.74) is 0.674. The molecule has 0 aliphatic heterocycles. The highest BCUT2D eigenvalue weighted by Gasteiger charge is 1.85. The summed E-state index contributed by atoms with van der Waals surface area (Å²) in [6.45, 7) is 5.14. The van der Waals surface area contributed by atoms with Crippen LogP contribution in [-0.2, 0) is 9.59 Å². The Labute approximate surface area is 75.7 Å². The van der Waals surface area contributed by atoms with E-state index in [0.29, 0.717) is 5.70 Å². The van der Waals surface area contributed by atoms with Crippen LogP contribution >= 0.6 is 0 Å². The van der Waals surface area contributed by atoms with Gasteiger partial charge in [-0.25, -0.2) is 9.59 Å². The molecule has 0 heterocycles. The van der Waals surface area contributed by atoms with Crippen molar-refractivity contribution in [1.82, 2.24) is 0 Å². The molecular formula is C9H8N2O2. The quantitative estimate of drug-likeness (QED) is 0.371. The SMILES string of the molecule is C=C(/C=C\C(=C/C)N=C=O)N=C=O. The van der Waals surface area contributed by atoms with Gasteiger partial charge in [-0.1, -0.05) is 12.7 Å². The van der Waals surface area contributed by atoms with Crippen LogP contribution in [0.25, 0.3) is 0 Å². The Kier molecular flexibility index (Phi) is 5.64. The molecule has 0 N–H and O–H groups in total. The van der Waals surface area contributed by atoms with Crippen molar-refractivity contribution in [2.24, 2.45) is 9.98 Å². The molecule has 0 aliphatic rings. The summed E-state index contributed by atoms with van der Waals surface area (Å²) in [6, 6.07) is 0. The fraction of sp³-hybridized carbons (Fsp3) is 0.111. The average molecular weight is 176 g/mol. The van der Waals surface area contributed by atoms with Crippen LogP contribution in [0.1, 0.15) is 6.92 Å². The zero-order valence-electron chi connectivity index (χ0n) is 7.15. The number of carbonyl (C=O) groups excluding carboxylic acids is 2. The Morgan fingerprint density at radius 3 is 2.31 bits per heavy atom. The van der Waals surface area contributed by atoms with Gasteiger partial charge in [-0.15, -0.1) is 0 Å². The predicted molar refractivity (Wildman–Crippen MR) is 48.3 cm³/mol. The summed E-state index contributed by atoms with van der Waals surface area (Å²) in [6.07, 6.45) is 7.28. The van der Waals surface area contributed by atoms with Crippen LogP contribution in [0, 0.1) is 0 Å². The lowest BCUT2D eigenvalue weighted by Crippen LogP contribution is -1.72. The highest BCUT2D eigenvalue weighted by Crippen LogP contribution is 2.01. The van der Waals surface area contributed by atoms with Crippen LogP contribution < -0.4 is 0 Å². The third-order valence-electron chi connectivity index (χ3n) is 1.11. The summed E-state index contributed by atoms with van der Waals surface area (Å²) in [5.74, 6) is 0. The van der Waals surface area contributed by atoms with Crippen LogP contribution in [0.15, 0.2) is 46.2 Å². The standard InChI is InChI=1S/C9H8N2O2/c1-3-9(11-7-13)5-4-8(2)10-6-12/h3-5H,2H2,1H3/b5-4-,9-3+. The van der Waals surface area contributed by atoms with E-state index < -0.39 is 0 Å². The molecule has 0 aromatic rings. The van der Waals surface area contributed by atoms with Crippen molar-refractivity contribution in [2.45, 2.75) is 6.92 Å². The number of isocyanates is 2. The Morgan fingerprint density at radius 1 is 1.23 bits per heavy atom. The fourth-order valence-electron chi connectivity index (χ4n) is 0.528. The molecule has 0 amide bonds. The summed E-state index contributed by atoms with van der Waals surface area (Å²) in [5, 5.41) is 0. The fourth-order valence-corrected chi connectivity index (χ4v) is 0.528. The molecule has 66 valence electrons. The van der Waals surface area contributed by atoms with Crippen molar-refractivity contribution in [3.63, 3.8) is 0 Å². The minimum Gasteiger partial charge on any atom is -0.211 e. The minimum absolute atomic E-state index is 0.246. The smallest absolute Gasteiger partial charge is 0.211 e. The van der Waals surface area contributed by atoms with Crippen molar-refractivity contribution in [3.8, 4) is 0 Å². The number of rotatable bonds is 4. The Hall–Kier alpha value is -2.02. The van der Waals surface area contributed by atoms with Gasteiger partial charge in [0.15, 0.2) is 0 Å². The van der Waals surface area contributed by atoms with Crippen molar-refractivity contribution < 1.29 is 9.59 Å². The van der Waals surface area contributed by atoms with Crippen molar-refractivity contribution in [3.05, 3.63) is 36.2 Å². The van der Waals surface area contributed by atoms with Gasteiger partial charge in [0.2, 0.25) is 12.2 Å². The van der Waals surface area contributed by atoms with E-state index in [4.69, 9.17) is 0 Å². The second kappa shape index (κ2) is 6.68. The maximum atomic E-state index is 9.87. The van der Waals surface area contributed by atoms with E-state index in [1.54, 1.807) is 13.0 Å². The molecule has 0 bridgehead atoms. The first-order chi connectivity index (χ1) is 6.24. The molecule has 13 heavy (non-hydrogen) atoms. The zero-order chi connectivity index (χ0) is 10.1. The molecule has 4 nitrogen and oxygen atoms in total. The van der Waals surface area contributed by atoms with Gasteiger partial charge in [0.25, 0.3) is 0 Å². The second-order valence-electron chi connectivity index (χ2n) is 1.94. The van der Waals surface area contributed by atoms with E-state index in [1.165, 1.54) is 24.3 Å². The molecule has 0 rings (SSSR count). The molecule has 0 radical (unpaired) electrons. The molecule has 4 heteroatoms. The number of hydrogen-bond donors (Lipinski definition) is 0. The molecule has 0 saturated carbocycles. The number of aliphatic imine (C=N–C) groups is 2. The lowest BCUT2D eigenvalue weighted by Gasteiger charge is -1.87. The van der Waals surface area contributed by atoms with E-state index in [-0.39, 0.29) is 5.70 Å². The highest BCUT2D eigenvalue weighted by molar-refractivity contribution is 5.42. The summed E-state index contributed by atoms with van der Waals surface area (Å²) in [4.78, 5) is 26.2. The van der Waals surface area contributed by atoms with Crippen LogP contribution in [0.4, 0.5) is 0 Å². The summed E-state index contributed by atoms with van der Waals surface area (Å²) in [7, 11) is 0. The third kappa shape index (κ3) is 5.27. The maximum Gasteiger partial charge on any atom is 0.240 e. The molecule has 0 unspecified atom stereocenters. The molecule has 0 aromatic heterocycles. The molecule has 0 fully saturated rings. The first-order valence-corrected chi connectivity index (χ1v) is 3.43.